The summed E-state index contributed by atoms with van der Waals surface area (Å²) in [7, 11) is 1.78. The van der Waals surface area contributed by atoms with E-state index in [0.29, 0.717) is 5.92 Å². The summed E-state index contributed by atoms with van der Waals surface area (Å²) in [6.07, 6.45) is 3.51. The number of methoxy groups -OCH3 is 1. The predicted molar refractivity (Wildman–Crippen MR) is 66.0 cm³/mol. The van der Waals surface area contributed by atoms with Crippen LogP contribution in [0, 0.1) is 11.3 Å². The highest BCUT2D eigenvalue weighted by molar-refractivity contribution is 4.87. The average molecular weight is 243 g/mol. The number of hydrogen-bond acceptors (Lipinski definition) is 4. The van der Waals surface area contributed by atoms with Crippen LogP contribution in [0.1, 0.15) is 19.3 Å². The molecule has 2 heterocycles. The normalized spacial score (nSPS) is 35.3. The van der Waals surface area contributed by atoms with Gasteiger partial charge < -0.3 is 19.5 Å². The van der Waals surface area contributed by atoms with E-state index >= 15 is 0 Å². The molecule has 2 fully saturated rings. The Balaban J connectivity index is 1.85. The van der Waals surface area contributed by atoms with Crippen LogP contribution in [0.3, 0.4) is 0 Å². The third kappa shape index (κ3) is 3.41. The quantitative estimate of drug-likeness (QED) is 0.773. The van der Waals surface area contributed by atoms with Gasteiger partial charge in [-0.15, -0.1) is 0 Å². The van der Waals surface area contributed by atoms with Gasteiger partial charge in [0.15, 0.2) is 0 Å². The average Bonchev–Trinajstić information content (AvgIpc) is 2.79. The molecule has 100 valence electrons. The molecule has 0 radical (unpaired) electrons. The number of likely N-dealkylation sites (tertiary alicyclic amines) is 1. The summed E-state index contributed by atoms with van der Waals surface area (Å²) < 4.78 is 10.7. The zero-order valence-corrected chi connectivity index (χ0v) is 10.9. The standard InChI is InChI=1S/C13H25NO3/c1-16-8-12-3-2-5-14(7-12)9-13(10-15)4-6-17-11-13/h12,15H,2-11H2,1H3. The maximum atomic E-state index is 9.59. The SMILES string of the molecule is COCC1CCCN(CC2(CO)CCOC2)C1. The van der Waals surface area contributed by atoms with Gasteiger partial charge in [-0.05, 0) is 31.7 Å². The fourth-order valence-electron chi connectivity index (χ4n) is 3.09. The summed E-state index contributed by atoms with van der Waals surface area (Å²) in [5.41, 5.74) is -0.00500. The van der Waals surface area contributed by atoms with Crippen molar-refractivity contribution in [3.8, 4) is 0 Å². The zero-order valence-electron chi connectivity index (χ0n) is 10.9. The van der Waals surface area contributed by atoms with E-state index in [0.717, 1.165) is 45.9 Å². The van der Waals surface area contributed by atoms with Crippen LogP contribution in [-0.4, -0.2) is 63.2 Å². The molecule has 0 amide bonds. The Morgan fingerprint density at radius 3 is 3.06 bits per heavy atom. The number of ether oxygens (including phenoxy) is 2. The summed E-state index contributed by atoms with van der Waals surface area (Å²) in [4.78, 5) is 2.48. The fraction of sp³-hybridized carbons (Fsp3) is 1.00. The van der Waals surface area contributed by atoms with E-state index in [4.69, 9.17) is 9.47 Å². The Morgan fingerprint density at radius 2 is 2.41 bits per heavy atom. The molecule has 1 N–H and O–H groups in total. The lowest BCUT2D eigenvalue weighted by Crippen LogP contribution is -2.45. The first kappa shape index (κ1) is 13.3. The summed E-state index contributed by atoms with van der Waals surface area (Å²) in [5.74, 6) is 0.659. The van der Waals surface area contributed by atoms with E-state index in [9.17, 15) is 5.11 Å². The van der Waals surface area contributed by atoms with Crippen LogP contribution >= 0.6 is 0 Å². The number of piperidine rings is 1. The van der Waals surface area contributed by atoms with Crippen LogP contribution in [0.15, 0.2) is 0 Å². The van der Waals surface area contributed by atoms with Crippen molar-refractivity contribution < 1.29 is 14.6 Å². The van der Waals surface area contributed by atoms with Crippen molar-refractivity contribution in [3.63, 3.8) is 0 Å². The van der Waals surface area contributed by atoms with Gasteiger partial charge in [-0.1, -0.05) is 0 Å². The molecular weight excluding hydrogens is 218 g/mol. The molecule has 0 spiro atoms. The molecule has 0 aromatic carbocycles. The van der Waals surface area contributed by atoms with Gasteiger partial charge in [0.25, 0.3) is 0 Å². The first-order chi connectivity index (χ1) is 8.28. The zero-order chi connectivity index (χ0) is 12.1. The number of nitrogens with zero attached hydrogens (tertiary/aromatic N) is 1. The van der Waals surface area contributed by atoms with Crippen molar-refractivity contribution in [2.24, 2.45) is 11.3 Å². The molecule has 2 rings (SSSR count). The molecule has 2 aliphatic heterocycles. The summed E-state index contributed by atoms with van der Waals surface area (Å²) in [6.45, 7) is 5.86. The highest BCUT2D eigenvalue weighted by Gasteiger charge is 2.37. The van der Waals surface area contributed by atoms with Gasteiger partial charge in [0.05, 0.1) is 19.8 Å². The third-order valence-electron chi connectivity index (χ3n) is 4.08. The fourth-order valence-corrected chi connectivity index (χ4v) is 3.09. The Bertz CT molecular complexity index is 227. The van der Waals surface area contributed by atoms with E-state index in [1.807, 2.05) is 0 Å². The van der Waals surface area contributed by atoms with E-state index in [-0.39, 0.29) is 12.0 Å². The first-order valence-corrected chi connectivity index (χ1v) is 6.68. The Morgan fingerprint density at radius 1 is 1.53 bits per heavy atom. The van der Waals surface area contributed by atoms with Gasteiger partial charge >= 0.3 is 0 Å². The molecule has 0 saturated carbocycles. The van der Waals surface area contributed by atoms with Crippen molar-refractivity contribution in [1.29, 1.82) is 0 Å². The molecule has 2 aliphatic rings. The van der Waals surface area contributed by atoms with E-state index in [1.54, 1.807) is 7.11 Å². The second-order valence-electron chi connectivity index (χ2n) is 5.66. The van der Waals surface area contributed by atoms with Crippen LogP contribution in [0.2, 0.25) is 0 Å². The van der Waals surface area contributed by atoms with E-state index < -0.39 is 0 Å². The largest absolute Gasteiger partial charge is 0.396 e. The van der Waals surface area contributed by atoms with Gasteiger partial charge in [0.1, 0.15) is 0 Å². The molecule has 4 nitrogen and oxygen atoms in total. The van der Waals surface area contributed by atoms with Gasteiger partial charge in [-0.3, -0.25) is 0 Å². The first-order valence-electron chi connectivity index (χ1n) is 6.68. The lowest BCUT2D eigenvalue weighted by molar-refractivity contribution is 0.0285. The van der Waals surface area contributed by atoms with Crippen molar-refractivity contribution in [2.75, 3.05) is 53.2 Å². The van der Waals surface area contributed by atoms with Crippen LogP contribution in [0.5, 0.6) is 0 Å². The molecule has 0 bridgehead atoms. The third-order valence-corrected chi connectivity index (χ3v) is 4.08. The Labute approximate surface area is 104 Å². The van der Waals surface area contributed by atoms with Crippen LogP contribution in [0.4, 0.5) is 0 Å². The number of aliphatic hydroxyl groups excluding tert-OH is 1. The molecule has 0 aromatic heterocycles. The number of aliphatic hydroxyl groups is 1. The van der Waals surface area contributed by atoms with Gasteiger partial charge in [-0.25, -0.2) is 0 Å². The van der Waals surface area contributed by atoms with Crippen molar-refractivity contribution in [2.45, 2.75) is 19.3 Å². The topological polar surface area (TPSA) is 41.9 Å². The van der Waals surface area contributed by atoms with Gasteiger partial charge in [0.2, 0.25) is 0 Å². The molecule has 2 saturated heterocycles. The molecule has 2 atom stereocenters. The maximum absolute atomic E-state index is 9.59. The van der Waals surface area contributed by atoms with E-state index in [2.05, 4.69) is 4.90 Å². The monoisotopic (exact) mass is 243 g/mol. The van der Waals surface area contributed by atoms with E-state index in [1.165, 1.54) is 12.8 Å². The van der Waals surface area contributed by atoms with Gasteiger partial charge in [-0.2, -0.15) is 0 Å². The second-order valence-corrected chi connectivity index (χ2v) is 5.66. The van der Waals surface area contributed by atoms with Gasteiger partial charge in [0, 0.05) is 32.2 Å². The van der Waals surface area contributed by atoms with Crippen LogP contribution in [0.25, 0.3) is 0 Å². The number of hydrogen-bond donors (Lipinski definition) is 1. The lowest BCUT2D eigenvalue weighted by Gasteiger charge is -2.38. The molecule has 0 aliphatic carbocycles. The lowest BCUT2D eigenvalue weighted by atomic mass is 9.86. The molecule has 0 aromatic rings. The minimum atomic E-state index is -0.00500. The molecule has 2 unspecified atom stereocenters. The second kappa shape index (κ2) is 6.14. The van der Waals surface area contributed by atoms with Crippen molar-refractivity contribution in [1.82, 2.24) is 4.90 Å². The minimum absolute atomic E-state index is 0.00500. The molecule has 17 heavy (non-hydrogen) atoms. The van der Waals surface area contributed by atoms with Crippen molar-refractivity contribution in [3.05, 3.63) is 0 Å². The van der Waals surface area contributed by atoms with Crippen LogP contribution in [-0.2, 0) is 9.47 Å². The maximum Gasteiger partial charge on any atom is 0.0557 e. The highest BCUT2D eigenvalue weighted by Crippen LogP contribution is 2.30. The summed E-state index contributed by atoms with van der Waals surface area (Å²) in [6, 6.07) is 0. The summed E-state index contributed by atoms with van der Waals surface area (Å²) in [5, 5.41) is 9.59. The molecule has 4 heteroatoms. The number of rotatable bonds is 5. The minimum Gasteiger partial charge on any atom is -0.396 e. The van der Waals surface area contributed by atoms with Crippen LogP contribution < -0.4 is 0 Å². The Hall–Kier alpha value is -0.160. The summed E-state index contributed by atoms with van der Waals surface area (Å²) >= 11 is 0. The molecular formula is C13H25NO3. The smallest absolute Gasteiger partial charge is 0.0557 e. The Kier molecular flexibility index (Phi) is 4.79. The highest BCUT2D eigenvalue weighted by atomic mass is 16.5. The van der Waals surface area contributed by atoms with Crippen molar-refractivity contribution >= 4 is 0 Å². The predicted octanol–water partition coefficient (Wildman–Crippen LogP) is 0.744.